The van der Waals surface area contributed by atoms with Crippen molar-refractivity contribution in [1.29, 1.82) is 0 Å². The molecule has 0 aromatic carbocycles. The Balaban J connectivity index is 1.71. The SMILES string of the molecule is Cc1cc(C(=O)NCCCN2CCOCC2)cc(Cl)n1. The third-order valence-corrected chi connectivity index (χ3v) is 3.42. The fourth-order valence-corrected chi connectivity index (χ4v) is 2.44. The van der Waals surface area contributed by atoms with Crippen LogP contribution in [0.4, 0.5) is 0 Å². The normalized spacial score (nSPS) is 16.1. The van der Waals surface area contributed by atoms with E-state index < -0.39 is 0 Å². The summed E-state index contributed by atoms with van der Waals surface area (Å²) < 4.78 is 5.29. The Morgan fingerprint density at radius 1 is 1.45 bits per heavy atom. The van der Waals surface area contributed by atoms with E-state index in [9.17, 15) is 4.79 Å². The zero-order valence-corrected chi connectivity index (χ0v) is 12.4. The monoisotopic (exact) mass is 297 g/mol. The molecule has 0 atom stereocenters. The number of nitrogens with zero attached hydrogens (tertiary/aromatic N) is 2. The van der Waals surface area contributed by atoms with Gasteiger partial charge in [-0.15, -0.1) is 0 Å². The molecule has 1 fully saturated rings. The molecule has 2 heterocycles. The van der Waals surface area contributed by atoms with Crippen molar-refractivity contribution in [3.8, 4) is 0 Å². The second kappa shape index (κ2) is 7.57. The molecular formula is C14H20ClN3O2. The molecule has 1 N–H and O–H groups in total. The Hall–Kier alpha value is -1.17. The Morgan fingerprint density at radius 3 is 2.90 bits per heavy atom. The quantitative estimate of drug-likeness (QED) is 0.661. The number of pyridine rings is 1. The average molecular weight is 298 g/mol. The van der Waals surface area contributed by atoms with Crippen LogP contribution in [-0.2, 0) is 4.74 Å². The molecule has 1 aromatic heterocycles. The summed E-state index contributed by atoms with van der Waals surface area (Å²) in [4.78, 5) is 18.4. The maximum absolute atomic E-state index is 12.0. The zero-order chi connectivity index (χ0) is 14.4. The minimum Gasteiger partial charge on any atom is -0.379 e. The van der Waals surface area contributed by atoms with Gasteiger partial charge in [0.05, 0.1) is 13.2 Å². The van der Waals surface area contributed by atoms with Crippen LogP contribution in [0.3, 0.4) is 0 Å². The molecule has 110 valence electrons. The van der Waals surface area contributed by atoms with E-state index >= 15 is 0 Å². The van der Waals surface area contributed by atoms with Crippen molar-refractivity contribution in [3.05, 3.63) is 28.5 Å². The molecule has 0 radical (unpaired) electrons. The van der Waals surface area contributed by atoms with Gasteiger partial charge in [0, 0.05) is 30.9 Å². The summed E-state index contributed by atoms with van der Waals surface area (Å²) in [6.07, 6.45) is 0.934. The smallest absolute Gasteiger partial charge is 0.251 e. The maximum Gasteiger partial charge on any atom is 0.251 e. The van der Waals surface area contributed by atoms with Gasteiger partial charge in [-0.3, -0.25) is 9.69 Å². The molecule has 1 aliphatic rings. The number of nitrogens with one attached hydrogen (secondary N) is 1. The summed E-state index contributed by atoms with van der Waals surface area (Å²) in [6, 6.07) is 3.33. The fourth-order valence-electron chi connectivity index (χ4n) is 2.19. The molecule has 0 unspecified atom stereocenters. The van der Waals surface area contributed by atoms with E-state index in [0.29, 0.717) is 17.3 Å². The number of carbonyl (C=O) groups is 1. The van der Waals surface area contributed by atoms with Gasteiger partial charge >= 0.3 is 0 Å². The highest BCUT2D eigenvalue weighted by Crippen LogP contribution is 2.10. The first kappa shape index (κ1) is 15.2. The fraction of sp³-hybridized carbons (Fsp3) is 0.571. The molecule has 20 heavy (non-hydrogen) atoms. The molecule has 6 heteroatoms. The summed E-state index contributed by atoms with van der Waals surface area (Å²) in [5, 5.41) is 3.26. The van der Waals surface area contributed by atoms with E-state index in [1.54, 1.807) is 12.1 Å². The number of hydrogen-bond acceptors (Lipinski definition) is 4. The molecule has 0 saturated carbocycles. The van der Waals surface area contributed by atoms with Gasteiger partial charge in [-0.05, 0) is 32.0 Å². The van der Waals surface area contributed by atoms with Gasteiger partial charge in [-0.2, -0.15) is 0 Å². The first-order valence-corrected chi connectivity index (χ1v) is 7.25. The van der Waals surface area contributed by atoms with Crippen molar-refractivity contribution in [2.24, 2.45) is 0 Å². The molecule has 1 aromatic rings. The number of rotatable bonds is 5. The number of aromatic nitrogens is 1. The van der Waals surface area contributed by atoms with Crippen molar-refractivity contribution in [3.63, 3.8) is 0 Å². The van der Waals surface area contributed by atoms with E-state index in [-0.39, 0.29) is 5.91 Å². The van der Waals surface area contributed by atoms with E-state index in [2.05, 4.69) is 15.2 Å². The number of hydrogen-bond donors (Lipinski definition) is 1. The Kier molecular flexibility index (Phi) is 5.76. The molecule has 0 aliphatic carbocycles. The van der Waals surface area contributed by atoms with E-state index in [4.69, 9.17) is 16.3 Å². The minimum atomic E-state index is -0.0978. The van der Waals surface area contributed by atoms with Crippen LogP contribution in [-0.4, -0.2) is 55.2 Å². The summed E-state index contributed by atoms with van der Waals surface area (Å²) in [5.74, 6) is -0.0978. The lowest BCUT2D eigenvalue weighted by molar-refractivity contribution is 0.0374. The van der Waals surface area contributed by atoms with Crippen LogP contribution in [0.1, 0.15) is 22.5 Å². The topological polar surface area (TPSA) is 54.5 Å². The standard InChI is InChI=1S/C14H20ClN3O2/c1-11-9-12(10-13(15)17-11)14(19)16-3-2-4-18-5-7-20-8-6-18/h9-10H,2-8H2,1H3,(H,16,19). The molecule has 1 saturated heterocycles. The number of aryl methyl sites for hydroxylation is 1. The molecule has 0 spiro atoms. The van der Waals surface area contributed by atoms with Crippen LogP contribution >= 0.6 is 11.6 Å². The van der Waals surface area contributed by atoms with E-state index in [0.717, 1.165) is 45.0 Å². The summed E-state index contributed by atoms with van der Waals surface area (Å²) in [5.41, 5.74) is 1.31. The number of halogens is 1. The van der Waals surface area contributed by atoms with E-state index in [1.807, 2.05) is 6.92 Å². The van der Waals surface area contributed by atoms with Gasteiger partial charge in [0.15, 0.2) is 0 Å². The van der Waals surface area contributed by atoms with Gasteiger partial charge in [-0.25, -0.2) is 4.98 Å². The van der Waals surface area contributed by atoms with Crippen molar-refractivity contribution in [2.45, 2.75) is 13.3 Å². The predicted molar refractivity (Wildman–Crippen MR) is 78.2 cm³/mol. The Bertz CT molecular complexity index is 441. The number of ether oxygens (including phenoxy) is 1. The van der Waals surface area contributed by atoms with Gasteiger partial charge < -0.3 is 10.1 Å². The van der Waals surface area contributed by atoms with Crippen LogP contribution in [0.5, 0.6) is 0 Å². The third kappa shape index (κ3) is 4.74. The molecular weight excluding hydrogens is 278 g/mol. The van der Waals surface area contributed by atoms with Crippen molar-refractivity contribution in [1.82, 2.24) is 15.2 Å². The summed E-state index contributed by atoms with van der Waals surface area (Å²) in [7, 11) is 0. The number of amides is 1. The second-order valence-electron chi connectivity index (χ2n) is 4.88. The first-order valence-electron chi connectivity index (χ1n) is 6.87. The Labute approximate surface area is 124 Å². The van der Waals surface area contributed by atoms with Crippen LogP contribution in [0.2, 0.25) is 5.15 Å². The highest BCUT2D eigenvalue weighted by molar-refractivity contribution is 6.29. The van der Waals surface area contributed by atoms with Crippen molar-refractivity contribution >= 4 is 17.5 Å². The molecule has 5 nitrogen and oxygen atoms in total. The minimum absolute atomic E-state index is 0.0978. The van der Waals surface area contributed by atoms with Gasteiger partial charge in [0.2, 0.25) is 0 Å². The third-order valence-electron chi connectivity index (χ3n) is 3.22. The van der Waals surface area contributed by atoms with Crippen molar-refractivity contribution in [2.75, 3.05) is 39.4 Å². The van der Waals surface area contributed by atoms with Crippen molar-refractivity contribution < 1.29 is 9.53 Å². The lowest BCUT2D eigenvalue weighted by Gasteiger charge is -2.26. The average Bonchev–Trinajstić information content (AvgIpc) is 2.43. The lowest BCUT2D eigenvalue weighted by Crippen LogP contribution is -2.38. The lowest BCUT2D eigenvalue weighted by atomic mass is 10.2. The van der Waals surface area contributed by atoms with Crippen LogP contribution in [0, 0.1) is 6.92 Å². The summed E-state index contributed by atoms with van der Waals surface area (Å²) in [6.45, 7) is 7.04. The summed E-state index contributed by atoms with van der Waals surface area (Å²) >= 11 is 5.85. The largest absolute Gasteiger partial charge is 0.379 e. The zero-order valence-electron chi connectivity index (χ0n) is 11.7. The highest BCUT2D eigenvalue weighted by atomic mass is 35.5. The Morgan fingerprint density at radius 2 is 2.20 bits per heavy atom. The molecule has 1 aliphatic heterocycles. The van der Waals surface area contributed by atoms with Gasteiger partial charge in [0.1, 0.15) is 5.15 Å². The van der Waals surface area contributed by atoms with Crippen LogP contribution in [0.25, 0.3) is 0 Å². The number of morpholine rings is 1. The highest BCUT2D eigenvalue weighted by Gasteiger charge is 2.10. The number of carbonyl (C=O) groups excluding carboxylic acids is 1. The first-order chi connectivity index (χ1) is 9.65. The van der Waals surface area contributed by atoms with E-state index in [1.165, 1.54) is 0 Å². The molecule has 2 rings (SSSR count). The maximum atomic E-state index is 12.0. The second-order valence-corrected chi connectivity index (χ2v) is 5.27. The molecule has 0 bridgehead atoms. The molecule has 1 amide bonds. The van der Waals surface area contributed by atoms with Crippen LogP contribution < -0.4 is 5.32 Å². The predicted octanol–water partition coefficient (Wildman–Crippen LogP) is 1.50. The van der Waals surface area contributed by atoms with Gasteiger partial charge in [0.25, 0.3) is 5.91 Å². The van der Waals surface area contributed by atoms with Crippen LogP contribution in [0.15, 0.2) is 12.1 Å². The van der Waals surface area contributed by atoms with Gasteiger partial charge in [-0.1, -0.05) is 11.6 Å².